The number of hydrogen-bond donors (Lipinski definition) is 1. The monoisotopic (exact) mass is 358 g/mol. The van der Waals surface area contributed by atoms with Gasteiger partial charge in [0.15, 0.2) is 23.0 Å². The molecule has 0 aliphatic heterocycles. The Morgan fingerprint density at radius 2 is 1.58 bits per heavy atom. The second-order valence-corrected chi connectivity index (χ2v) is 5.38. The molecule has 136 valence electrons. The summed E-state index contributed by atoms with van der Waals surface area (Å²) in [6.07, 6.45) is 1.35. The van der Waals surface area contributed by atoms with Gasteiger partial charge in [-0.15, -0.1) is 0 Å². The Bertz CT molecular complexity index is 1020. The zero-order valence-electron chi connectivity index (χ0n) is 14.8. The van der Waals surface area contributed by atoms with Crippen molar-refractivity contribution in [1.82, 2.24) is 0 Å². The van der Waals surface area contributed by atoms with Crippen molar-refractivity contribution in [2.24, 2.45) is 0 Å². The van der Waals surface area contributed by atoms with Crippen LogP contribution in [0.1, 0.15) is 0 Å². The first-order chi connectivity index (χ1) is 12.5. The SMILES string of the molecule is COc1ccc(-c2coc3cc(OC)c(O)c(OC)c3c2=O)cc1OC. The summed E-state index contributed by atoms with van der Waals surface area (Å²) in [5.41, 5.74) is 0.760. The van der Waals surface area contributed by atoms with Crippen LogP contribution in [0.5, 0.6) is 28.7 Å². The lowest BCUT2D eigenvalue weighted by atomic mass is 10.0. The Morgan fingerprint density at radius 3 is 2.19 bits per heavy atom. The van der Waals surface area contributed by atoms with Crippen LogP contribution in [0.3, 0.4) is 0 Å². The van der Waals surface area contributed by atoms with Crippen LogP contribution in [-0.2, 0) is 0 Å². The van der Waals surface area contributed by atoms with Gasteiger partial charge in [-0.25, -0.2) is 0 Å². The van der Waals surface area contributed by atoms with Crippen LogP contribution >= 0.6 is 0 Å². The molecule has 0 amide bonds. The summed E-state index contributed by atoms with van der Waals surface area (Å²) >= 11 is 0. The normalized spacial score (nSPS) is 10.6. The lowest BCUT2D eigenvalue weighted by Gasteiger charge is -2.12. The third-order valence-corrected chi connectivity index (χ3v) is 4.08. The molecule has 2 aromatic carbocycles. The minimum absolute atomic E-state index is 0.00423. The average Bonchev–Trinajstić information content (AvgIpc) is 2.67. The van der Waals surface area contributed by atoms with Gasteiger partial charge in [0.05, 0.1) is 34.0 Å². The number of phenols is 1. The van der Waals surface area contributed by atoms with E-state index in [-0.39, 0.29) is 33.6 Å². The van der Waals surface area contributed by atoms with Crippen molar-refractivity contribution >= 4 is 11.0 Å². The van der Waals surface area contributed by atoms with Crippen LogP contribution < -0.4 is 24.4 Å². The fraction of sp³-hybridized carbons (Fsp3) is 0.211. The average molecular weight is 358 g/mol. The van der Waals surface area contributed by atoms with Crippen molar-refractivity contribution in [3.05, 3.63) is 40.8 Å². The molecule has 0 saturated carbocycles. The molecule has 26 heavy (non-hydrogen) atoms. The topological polar surface area (TPSA) is 87.4 Å². The van der Waals surface area contributed by atoms with Crippen LogP contribution in [0, 0.1) is 0 Å². The highest BCUT2D eigenvalue weighted by atomic mass is 16.5. The number of methoxy groups -OCH3 is 4. The van der Waals surface area contributed by atoms with Gasteiger partial charge >= 0.3 is 0 Å². The Balaban J connectivity index is 2.30. The Kier molecular flexibility index (Phi) is 4.62. The molecule has 0 fully saturated rings. The molecule has 0 aliphatic carbocycles. The van der Waals surface area contributed by atoms with E-state index in [0.29, 0.717) is 22.6 Å². The molecular weight excluding hydrogens is 340 g/mol. The fourth-order valence-electron chi connectivity index (χ4n) is 2.78. The molecule has 0 saturated heterocycles. The van der Waals surface area contributed by atoms with Crippen molar-refractivity contribution in [3.63, 3.8) is 0 Å². The predicted octanol–water partition coefficient (Wildman–Crippen LogP) is 3.20. The molecule has 0 bridgehead atoms. The zero-order chi connectivity index (χ0) is 18.8. The Labute approximate surface area is 149 Å². The summed E-state index contributed by atoms with van der Waals surface area (Å²) < 4.78 is 26.4. The lowest BCUT2D eigenvalue weighted by molar-refractivity contribution is 0.342. The number of fused-ring (bicyclic) bond motifs is 1. The Hall–Kier alpha value is -3.35. The van der Waals surface area contributed by atoms with Crippen LogP contribution in [0.4, 0.5) is 0 Å². The van der Waals surface area contributed by atoms with Gasteiger partial charge in [0.25, 0.3) is 0 Å². The summed E-state index contributed by atoms with van der Waals surface area (Å²) in [5.74, 6) is 0.904. The molecular formula is C19H18O7. The molecule has 0 atom stereocenters. The summed E-state index contributed by atoms with van der Waals surface area (Å²) in [6.45, 7) is 0. The van der Waals surface area contributed by atoms with Gasteiger partial charge in [0.2, 0.25) is 11.2 Å². The van der Waals surface area contributed by atoms with E-state index in [0.717, 1.165) is 0 Å². The second-order valence-electron chi connectivity index (χ2n) is 5.38. The van der Waals surface area contributed by atoms with Gasteiger partial charge in [-0.1, -0.05) is 6.07 Å². The molecule has 0 spiro atoms. The standard InChI is InChI=1S/C19H18O7/c1-22-12-6-5-10(7-13(12)23-2)11-9-26-14-8-15(24-3)18(21)19(25-4)16(14)17(11)20/h5-9,21H,1-4H3. The molecule has 1 heterocycles. The number of ether oxygens (including phenoxy) is 4. The largest absolute Gasteiger partial charge is 0.502 e. The quantitative estimate of drug-likeness (QED) is 0.749. The van der Waals surface area contributed by atoms with Crippen molar-refractivity contribution < 1.29 is 28.5 Å². The van der Waals surface area contributed by atoms with E-state index in [1.807, 2.05) is 0 Å². The molecule has 1 N–H and O–H groups in total. The highest BCUT2D eigenvalue weighted by Crippen LogP contribution is 2.42. The van der Waals surface area contributed by atoms with Crippen molar-refractivity contribution in [2.45, 2.75) is 0 Å². The van der Waals surface area contributed by atoms with E-state index >= 15 is 0 Å². The molecule has 3 rings (SSSR count). The molecule has 1 aromatic heterocycles. The minimum Gasteiger partial charge on any atom is -0.502 e. The van der Waals surface area contributed by atoms with Crippen LogP contribution in [0.2, 0.25) is 0 Å². The molecule has 0 unspecified atom stereocenters. The van der Waals surface area contributed by atoms with Gasteiger partial charge in [-0.05, 0) is 17.7 Å². The maximum Gasteiger partial charge on any atom is 0.204 e. The van der Waals surface area contributed by atoms with E-state index in [1.54, 1.807) is 18.2 Å². The summed E-state index contributed by atoms with van der Waals surface area (Å²) in [4.78, 5) is 13.1. The van der Waals surface area contributed by atoms with Gasteiger partial charge in [0, 0.05) is 6.07 Å². The van der Waals surface area contributed by atoms with Crippen molar-refractivity contribution in [2.75, 3.05) is 28.4 Å². The number of aromatic hydroxyl groups is 1. The van der Waals surface area contributed by atoms with E-state index in [2.05, 4.69) is 0 Å². The molecule has 3 aromatic rings. The van der Waals surface area contributed by atoms with Crippen LogP contribution in [-0.4, -0.2) is 33.5 Å². The summed E-state index contributed by atoms with van der Waals surface area (Å²) in [6, 6.07) is 6.52. The first kappa shape index (κ1) is 17.5. The number of benzene rings is 2. The lowest BCUT2D eigenvalue weighted by Crippen LogP contribution is -2.07. The van der Waals surface area contributed by atoms with Gasteiger partial charge in [-0.2, -0.15) is 0 Å². The van der Waals surface area contributed by atoms with Gasteiger partial charge < -0.3 is 28.5 Å². The maximum absolute atomic E-state index is 13.1. The zero-order valence-corrected chi connectivity index (χ0v) is 14.8. The highest BCUT2D eigenvalue weighted by Gasteiger charge is 2.21. The second kappa shape index (κ2) is 6.87. The molecule has 0 radical (unpaired) electrons. The van der Waals surface area contributed by atoms with Crippen molar-refractivity contribution in [1.29, 1.82) is 0 Å². The van der Waals surface area contributed by atoms with Crippen LogP contribution in [0.25, 0.3) is 22.1 Å². The van der Waals surface area contributed by atoms with E-state index < -0.39 is 0 Å². The van der Waals surface area contributed by atoms with Crippen LogP contribution in [0.15, 0.2) is 39.7 Å². The summed E-state index contributed by atoms with van der Waals surface area (Å²) in [5, 5.41) is 10.4. The molecule has 0 aliphatic rings. The number of hydrogen-bond acceptors (Lipinski definition) is 7. The molecule has 7 heteroatoms. The first-order valence-electron chi connectivity index (χ1n) is 7.67. The predicted molar refractivity (Wildman–Crippen MR) is 95.8 cm³/mol. The first-order valence-corrected chi connectivity index (χ1v) is 7.67. The summed E-state index contributed by atoms with van der Waals surface area (Å²) in [7, 11) is 5.80. The minimum atomic E-state index is -0.353. The van der Waals surface area contributed by atoms with Gasteiger partial charge in [-0.3, -0.25) is 4.79 Å². The van der Waals surface area contributed by atoms with Gasteiger partial charge in [0.1, 0.15) is 17.2 Å². The Morgan fingerprint density at radius 1 is 0.885 bits per heavy atom. The van der Waals surface area contributed by atoms with E-state index in [4.69, 9.17) is 23.4 Å². The number of phenolic OH excluding ortho intramolecular Hbond substituents is 1. The van der Waals surface area contributed by atoms with E-state index in [9.17, 15) is 9.90 Å². The number of rotatable bonds is 5. The third-order valence-electron chi connectivity index (χ3n) is 4.08. The highest BCUT2D eigenvalue weighted by molar-refractivity contribution is 5.91. The fourth-order valence-corrected chi connectivity index (χ4v) is 2.78. The molecule has 7 nitrogen and oxygen atoms in total. The van der Waals surface area contributed by atoms with E-state index in [1.165, 1.54) is 40.8 Å². The maximum atomic E-state index is 13.1. The smallest absolute Gasteiger partial charge is 0.204 e. The van der Waals surface area contributed by atoms with Crippen molar-refractivity contribution in [3.8, 4) is 39.9 Å². The third kappa shape index (κ3) is 2.67.